The third kappa shape index (κ3) is 4.65. The fourth-order valence-corrected chi connectivity index (χ4v) is 2.73. The number of rotatable bonds is 6. The fraction of sp³-hybridized carbons (Fsp3) is 0.125. The number of nitrogens with one attached hydrogen (secondary N) is 1. The van der Waals surface area contributed by atoms with Crippen molar-refractivity contribution in [3.05, 3.63) is 48.6 Å². The number of phenols is 1. The van der Waals surface area contributed by atoms with E-state index < -0.39 is 15.9 Å². The molecule has 0 radical (unpaired) electrons. The number of sulfonamides is 1. The second-order valence-electron chi connectivity index (χ2n) is 5.53. The molecule has 2 heterocycles. The van der Waals surface area contributed by atoms with E-state index in [0.29, 0.717) is 11.4 Å². The van der Waals surface area contributed by atoms with Gasteiger partial charge in [0, 0.05) is 30.8 Å². The number of aromatic hydroxyl groups is 1. The van der Waals surface area contributed by atoms with Gasteiger partial charge in [0.05, 0.1) is 10.6 Å². The molecule has 0 unspecified atom stereocenters. The third-order valence-electron chi connectivity index (χ3n) is 3.52. The monoisotopic (exact) mass is 389 g/mol. The molecule has 3 aromatic rings. The third-order valence-corrected chi connectivity index (χ3v) is 4.44. The number of hydrogen-bond donors (Lipinski definition) is 3. The van der Waals surface area contributed by atoms with Crippen LogP contribution < -0.4 is 10.5 Å². The SMILES string of the molecule is NS(=O)(=O)c1ccc(O)c(NC(=O)CCc2nc(-c3cccnc3)no2)c1. The first-order valence-corrected chi connectivity index (χ1v) is 9.26. The smallest absolute Gasteiger partial charge is 0.238 e. The number of amides is 1. The van der Waals surface area contributed by atoms with Crippen LogP contribution in [0.2, 0.25) is 0 Å². The number of nitrogens with zero attached hydrogens (tertiary/aromatic N) is 3. The van der Waals surface area contributed by atoms with E-state index in [1.165, 1.54) is 0 Å². The van der Waals surface area contributed by atoms with Crippen LogP contribution in [0.1, 0.15) is 12.3 Å². The minimum atomic E-state index is -3.96. The number of carbonyl (C=O) groups excluding carboxylic acids is 1. The van der Waals surface area contributed by atoms with E-state index in [2.05, 4.69) is 20.4 Å². The highest BCUT2D eigenvalue weighted by Crippen LogP contribution is 2.26. The number of carbonyl (C=O) groups is 1. The quantitative estimate of drug-likeness (QED) is 0.527. The first kappa shape index (κ1) is 18.5. The van der Waals surface area contributed by atoms with Crippen LogP contribution in [0.4, 0.5) is 5.69 Å². The number of phenolic OH excluding ortho intramolecular Hbond substituents is 1. The van der Waals surface area contributed by atoms with Crippen molar-refractivity contribution in [2.75, 3.05) is 5.32 Å². The molecule has 1 amide bonds. The number of nitrogens with two attached hydrogens (primary N) is 1. The Hall–Kier alpha value is -3.31. The molecule has 0 aliphatic heterocycles. The normalized spacial score (nSPS) is 11.3. The summed E-state index contributed by atoms with van der Waals surface area (Å²) in [5.41, 5.74) is 0.620. The molecule has 11 heteroatoms. The molecule has 0 saturated heterocycles. The van der Waals surface area contributed by atoms with Gasteiger partial charge in [-0.25, -0.2) is 13.6 Å². The molecule has 0 spiro atoms. The van der Waals surface area contributed by atoms with Gasteiger partial charge in [-0.1, -0.05) is 5.16 Å². The second kappa shape index (κ2) is 7.51. The van der Waals surface area contributed by atoms with Gasteiger partial charge in [-0.15, -0.1) is 0 Å². The molecule has 4 N–H and O–H groups in total. The summed E-state index contributed by atoms with van der Waals surface area (Å²) in [5, 5.41) is 21.0. The standard InChI is InChI=1S/C16H15N5O5S/c17-27(24,25)11-3-4-13(22)12(8-11)19-14(23)5-6-15-20-16(21-26-15)10-2-1-7-18-9-10/h1-4,7-9,22H,5-6H2,(H,19,23)(H2,17,24,25). The molecule has 0 aliphatic carbocycles. The van der Waals surface area contributed by atoms with Crippen molar-refractivity contribution in [1.82, 2.24) is 15.1 Å². The summed E-state index contributed by atoms with van der Waals surface area (Å²) < 4.78 is 27.8. The summed E-state index contributed by atoms with van der Waals surface area (Å²) in [7, 11) is -3.96. The average molecular weight is 389 g/mol. The predicted molar refractivity (Wildman–Crippen MR) is 94.0 cm³/mol. The highest BCUT2D eigenvalue weighted by atomic mass is 32.2. The second-order valence-corrected chi connectivity index (χ2v) is 7.09. The van der Waals surface area contributed by atoms with E-state index in [0.717, 1.165) is 18.2 Å². The number of pyridine rings is 1. The maximum absolute atomic E-state index is 12.1. The lowest BCUT2D eigenvalue weighted by atomic mass is 10.2. The fourth-order valence-electron chi connectivity index (χ4n) is 2.19. The van der Waals surface area contributed by atoms with E-state index in [4.69, 9.17) is 9.66 Å². The minimum Gasteiger partial charge on any atom is -0.506 e. The summed E-state index contributed by atoms with van der Waals surface area (Å²) in [4.78, 5) is 20.0. The zero-order chi connectivity index (χ0) is 19.4. The molecule has 0 atom stereocenters. The van der Waals surface area contributed by atoms with Gasteiger partial charge in [-0.3, -0.25) is 9.78 Å². The highest BCUT2D eigenvalue weighted by Gasteiger charge is 2.15. The van der Waals surface area contributed by atoms with Gasteiger partial charge >= 0.3 is 0 Å². The Morgan fingerprint density at radius 2 is 2.11 bits per heavy atom. The Bertz CT molecular complexity index is 1070. The minimum absolute atomic E-state index is 0.0201. The molecule has 2 aromatic heterocycles. The number of aromatic nitrogens is 3. The van der Waals surface area contributed by atoms with E-state index in [9.17, 15) is 18.3 Å². The molecular weight excluding hydrogens is 374 g/mol. The zero-order valence-corrected chi connectivity index (χ0v) is 14.7. The van der Waals surface area contributed by atoms with Crippen LogP contribution in [0.5, 0.6) is 5.75 Å². The largest absolute Gasteiger partial charge is 0.506 e. The summed E-state index contributed by atoms with van der Waals surface area (Å²) in [6, 6.07) is 6.86. The molecule has 0 saturated carbocycles. The molecule has 3 rings (SSSR count). The van der Waals surface area contributed by atoms with Crippen LogP contribution in [0.15, 0.2) is 52.1 Å². The molecule has 1 aromatic carbocycles. The first-order valence-electron chi connectivity index (χ1n) is 7.71. The van der Waals surface area contributed by atoms with Crippen molar-refractivity contribution in [2.24, 2.45) is 5.14 Å². The lowest BCUT2D eigenvalue weighted by Crippen LogP contribution is -2.15. The van der Waals surface area contributed by atoms with Crippen LogP contribution in [-0.4, -0.2) is 34.6 Å². The van der Waals surface area contributed by atoms with Gasteiger partial charge in [0.2, 0.25) is 27.6 Å². The lowest BCUT2D eigenvalue weighted by molar-refractivity contribution is -0.116. The van der Waals surface area contributed by atoms with Crippen molar-refractivity contribution in [3.63, 3.8) is 0 Å². The summed E-state index contributed by atoms with van der Waals surface area (Å²) >= 11 is 0. The number of benzene rings is 1. The van der Waals surface area contributed by atoms with Crippen LogP contribution in [0.3, 0.4) is 0 Å². The lowest BCUT2D eigenvalue weighted by Gasteiger charge is -2.08. The van der Waals surface area contributed by atoms with Crippen molar-refractivity contribution in [1.29, 1.82) is 0 Å². The van der Waals surface area contributed by atoms with Crippen molar-refractivity contribution < 1.29 is 22.8 Å². The van der Waals surface area contributed by atoms with Crippen LogP contribution in [-0.2, 0) is 21.2 Å². The molecule has 0 fully saturated rings. The van der Waals surface area contributed by atoms with E-state index in [1.54, 1.807) is 24.5 Å². The summed E-state index contributed by atoms with van der Waals surface area (Å²) in [6.45, 7) is 0. The zero-order valence-electron chi connectivity index (χ0n) is 13.9. The molecule has 0 aliphatic rings. The number of hydrogen-bond acceptors (Lipinski definition) is 8. The molecular formula is C16H15N5O5S. The van der Waals surface area contributed by atoms with E-state index >= 15 is 0 Å². The van der Waals surface area contributed by atoms with Gasteiger partial charge in [-0.05, 0) is 30.3 Å². The molecule has 0 bridgehead atoms. The first-order chi connectivity index (χ1) is 12.8. The molecule has 140 valence electrons. The van der Waals surface area contributed by atoms with E-state index in [1.807, 2.05) is 0 Å². The van der Waals surface area contributed by atoms with Crippen LogP contribution in [0, 0.1) is 0 Å². The van der Waals surface area contributed by atoms with Crippen molar-refractivity contribution in [2.45, 2.75) is 17.7 Å². The Kier molecular flexibility index (Phi) is 5.14. The highest BCUT2D eigenvalue weighted by molar-refractivity contribution is 7.89. The topological polar surface area (TPSA) is 161 Å². The maximum Gasteiger partial charge on any atom is 0.238 e. The van der Waals surface area contributed by atoms with E-state index in [-0.39, 0.29) is 35.1 Å². The Labute approximate surface area is 154 Å². The van der Waals surface area contributed by atoms with Crippen molar-refractivity contribution >= 4 is 21.6 Å². The Morgan fingerprint density at radius 3 is 2.81 bits per heavy atom. The van der Waals surface area contributed by atoms with Gasteiger partial charge in [0.25, 0.3) is 0 Å². The maximum atomic E-state index is 12.1. The Balaban J connectivity index is 1.63. The summed E-state index contributed by atoms with van der Waals surface area (Å²) in [6.07, 6.45) is 3.35. The van der Waals surface area contributed by atoms with Gasteiger partial charge < -0.3 is 14.9 Å². The van der Waals surface area contributed by atoms with Gasteiger partial charge in [0.1, 0.15) is 5.75 Å². The molecule has 27 heavy (non-hydrogen) atoms. The average Bonchev–Trinajstić information content (AvgIpc) is 3.11. The number of primary sulfonamides is 1. The molecule has 10 nitrogen and oxygen atoms in total. The number of anilines is 1. The van der Waals surface area contributed by atoms with Gasteiger partial charge in [0.15, 0.2) is 0 Å². The summed E-state index contributed by atoms with van der Waals surface area (Å²) in [5.74, 6) is -0.145. The number of aryl methyl sites for hydroxylation is 1. The van der Waals surface area contributed by atoms with Crippen molar-refractivity contribution in [3.8, 4) is 17.1 Å². The van der Waals surface area contributed by atoms with Crippen LogP contribution >= 0.6 is 0 Å². The van der Waals surface area contributed by atoms with Gasteiger partial charge in [-0.2, -0.15) is 4.98 Å². The van der Waals surface area contributed by atoms with Crippen LogP contribution in [0.25, 0.3) is 11.4 Å². The Morgan fingerprint density at radius 1 is 1.30 bits per heavy atom. The predicted octanol–water partition coefficient (Wildman–Crippen LogP) is 1.06.